The van der Waals surface area contributed by atoms with Crippen LogP contribution in [0, 0.1) is 15.9 Å². The molecule has 0 radical (unpaired) electrons. The lowest BCUT2D eigenvalue weighted by Gasteiger charge is -2.37. The third kappa shape index (κ3) is 5.97. The van der Waals surface area contributed by atoms with E-state index in [1.807, 2.05) is 11.0 Å². The first-order valence-corrected chi connectivity index (χ1v) is 12.4. The molecule has 0 aliphatic carbocycles. The Morgan fingerprint density at radius 1 is 0.975 bits per heavy atom. The molecule has 12 heteroatoms. The van der Waals surface area contributed by atoms with Gasteiger partial charge in [0.05, 0.1) is 17.5 Å². The number of piperazine rings is 1. The molecule has 1 aliphatic heterocycles. The maximum Gasteiger partial charge on any atom is 0.423 e. The molecule has 1 aromatic heterocycles. The number of nitrogens with one attached hydrogen (secondary N) is 1. The predicted molar refractivity (Wildman–Crippen MR) is 140 cm³/mol. The van der Waals surface area contributed by atoms with Crippen LogP contribution in [0.2, 0.25) is 0 Å². The van der Waals surface area contributed by atoms with E-state index in [-0.39, 0.29) is 11.5 Å². The summed E-state index contributed by atoms with van der Waals surface area (Å²) in [6, 6.07) is 15.2. The molecule has 1 fully saturated rings. The summed E-state index contributed by atoms with van der Waals surface area (Å²) in [5, 5.41) is 14.5. The van der Waals surface area contributed by atoms with Crippen LogP contribution in [0.1, 0.15) is 22.9 Å². The molecule has 1 saturated heterocycles. The number of hydrogen-bond acceptors (Lipinski definition) is 7. The standard InChI is InChI=1S/C28H24F4N4O4/c29-20-3-8-27-19(13-20)14-23(40-27)16-34-9-11-35(12-10-34)26(17-37)18-1-4-21(5-2-18)33-22-6-7-25(36(38)39)24(15-22)28(30,31)32/h1-8,13-15,17,26,33H,9-12,16H2. The highest BCUT2D eigenvalue weighted by Crippen LogP contribution is 2.38. The number of furan rings is 1. The Kier molecular flexibility index (Phi) is 7.55. The smallest absolute Gasteiger partial charge is 0.423 e. The zero-order valence-electron chi connectivity index (χ0n) is 21.0. The number of nitro groups is 1. The fourth-order valence-corrected chi connectivity index (χ4v) is 4.87. The van der Waals surface area contributed by atoms with Crippen molar-refractivity contribution in [3.63, 3.8) is 0 Å². The molecule has 4 aromatic rings. The van der Waals surface area contributed by atoms with Gasteiger partial charge in [-0.2, -0.15) is 13.2 Å². The second-order valence-electron chi connectivity index (χ2n) is 9.52. The van der Waals surface area contributed by atoms with Crippen molar-refractivity contribution < 1.29 is 31.7 Å². The predicted octanol–water partition coefficient (Wildman–Crippen LogP) is 6.30. The molecule has 0 saturated carbocycles. The number of rotatable bonds is 8. The van der Waals surface area contributed by atoms with Crippen LogP contribution in [0.4, 0.5) is 34.6 Å². The Bertz CT molecular complexity index is 1530. The topological polar surface area (TPSA) is 91.9 Å². The Morgan fingerprint density at radius 3 is 2.33 bits per heavy atom. The van der Waals surface area contributed by atoms with Crippen molar-refractivity contribution in [1.29, 1.82) is 0 Å². The van der Waals surface area contributed by atoms with Crippen molar-refractivity contribution in [3.05, 3.63) is 99.5 Å². The van der Waals surface area contributed by atoms with Gasteiger partial charge in [0.15, 0.2) is 0 Å². The van der Waals surface area contributed by atoms with Crippen molar-refractivity contribution in [2.75, 3.05) is 31.5 Å². The van der Waals surface area contributed by atoms with Gasteiger partial charge >= 0.3 is 6.18 Å². The van der Waals surface area contributed by atoms with Gasteiger partial charge in [0.1, 0.15) is 29.0 Å². The van der Waals surface area contributed by atoms with Gasteiger partial charge in [-0.25, -0.2) is 4.39 Å². The van der Waals surface area contributed by atoms with Crippen LogP contribution in [0.25, 0.3) is 11.0 Å². The van der Waals surface area contributed by atoms with Crippen LogP contribution in [0.3, 0.4) is 0 Å². The second-order valence-corrected chi connectivity index (χ2v) is 9.52. The highest BCUT2D eigenvalue weighted by atomic mass is 19.4. The maximum absolute atomic E-state index is 13.5. The van der Waals surface area contributed by atoms with E-state index in [4.69, 9.17) is 4.42 Å². The fourth-order valence-electron chi connectivity index (χ4n) is 4.87. The quantitative estimate of drug-likeness (QED) is 0.118. The number of aldehydes is 1. The van der Waals surface area contributed by atoms with Crippen LogP contribution in [-0.2, 0) is 17.5 Å². The molecule has 2 heterocycles. The molecule has 208 valence electrons. The number of alkyl halides is 3. The van der Waals surface area contributed by atoms with E-state index in [0.717, 1.165) is 23.7 Å². The molecule has 0 spiro atoms. The molecule has 8 nitrogen and oxygen atoms in total. The summed E-state index contributed by atoms with van der Waals surface area (Å²) in [5.74, 6) is 0.415. The minimum absolute atomic E-state index is 0.0447. The average molecular weight is 557 g/mol. The number of carbonyl (C=O) groups excluding carboxylic acids is 1. The van der Waals surface area contributed by atoms with E-state index in [0.29, 0.717) is 55.4 Å². The summed E-state index contributed by atoms with van der Waals surface area (Å²) in [4.78, 5) is 26.2. The zero-order chi connectivity index (χ0) is 28.4. The SMILES string of the molecule is O=CC(c1ccc(Nc2ccc([N+](=O)[O-])c(C(F)(F)F)c2)cc1)N1CCN(Cc2cc3cc(F)ccc3o2)CC1. The van der Waals surface area contributed by atoms with Gasteiger partial charge in [-0.1, -0.05) is 12.1 Å². The molecule has 1 atom stereocenters. The van der Waals surface area contributed by atoms with E-state index < -0.39 is 28.4 Å². The number of halogens is 4. The lowest BCUT2D eigenvalue weighted by atomic mass is 10.0. The van der Waals surface area contributed by atoms with Crippen molar-refractivity contribution in [1.82, 2.24) is 9.80 Å². The Morgan fingerprint density at radius 2 is 1.68 bits per heavy atom. The van der Waals surface area contributed by atoms with Gasteiger partial charge in [0, 0.05) is 49.0 Å². The van der Waals surface area contributed by atoms with Crippen LogP contribution in [0.5, 0.6) is 0 Å². The molecule has 1 unspecified atom stereocenters. The summed E-state index contributed by atoms with van der Waals surface area (Å²) in [6.45, 7) is 3.20. The molecule has 1 aliphatic rings. The number of carbonyl (C=O) groups is 1. The summed E-state index contributed by atoms with van der Waals surface area (Å²) < 4.78 is 59.1. The van der Waals surface area contributed by atoms with Gasteiger partial charge in [0.2, 0.25) is 0 Å². The number of anilines is 2. The van der Waals surface area contributed by atoms with E-state index in [2.05, 4.69) is 10.2 Å². The summed E-state index contributed by atoms with van der Waals surface area (Å²) in [7, 11) is 0. The highest BCUT2D eigenvalue weighted by molar-refractivity contribution is 5.77. The van der Waals surface area contributed by atoms with Crippen molar-refractivity contribution in [3.8, 4) is 0 Å². The molecule has 3 aromatic carbocycles. The van der Waals surface area contributed by atoms with E-state index in [9.17, 15) is 32.5 Å². The first-order valence-electron chi connectivity index (χ1n) is 12.4. The molecule has 40 heavy (non-hydrogen) atoms. The van der Waals surface area contributed by atoms with E-state index >= 15 is 0 Å². The van der Waals surface area contributed by atoms with Gasteiger partial charge in [-0.3, -0.25) is 19.9 Å². The molecular weight excluding hydrogens is 532 g/mol. The minimum Gasteiger partial charge on any atom is -0.460 e. The molecule has 0 bridgehead atoms. The fraction of sp³-hybridized carbons (Fsp3) is 0.250. The summed E-state index contributed by atoms with van der Waals surface area (Å²) >= 11 is 0. The lowest BCUT2D eigenvalue weighted by Crippen LogP contribution is -2.47. The second kappa shape index (κ2) is 11.1. The van der Waals surface area contributed by atoms with Crippen molar-refractivity contribution in [2.45, 2.75) is 18.8 Å². The van der Waals surface area contributed by atoms with Gasteiger partial charge < -0.3 is 14.5 Å². The number of nitrogens with zero attached hydrogens (tertiary/aromatic N) is 3. The van der Waals surface area contributed by atoms with Gasteiger partial charge in [0.25, 0.3) is 5.69 Å². The number of nitro benzene ring substituents is 1. The van der Waals surface area contributed by atoms with Crippen LogP contribution in [0.15, 0.2) is 71.1 Å². The third-order valence-corrected chi connectivity index (χ3v) is 6.88. The van der Waals surface area contributed by atoms with Crippen LogP contribution in [-0.4, -0.2) is 47.2 Å². The lowest BCUT2D eigenvalue weighted by molar-refractivity contribution is -0.388. The molecule has 1 N–H and O–H groups in total. The molecule has 0 amide bonds. The molecular formula is C28H24F4N4O4. The zero-order valence-corrected chi connectivity index (χ0v) is 21.0. The minimum atomic E-state index is -4.88. The summed E-state index contributed by atoms with van der Waals surface area (Å²) in [6.07, 6.45) is -4.02. The normalized spacial score (nSPS) is 15.7. The molecule has 5 rings (SSSR count). The summed E-state index contributed by atoms with van der Waals surface area (Å²) in [5.41, 5.74) is -0.491. The Hall–Kier alpha value is -4.29. The van der Waals surface area contributed by atoms with Crippen LogP contribution < -0.4 is 5.32 Å². The van der Waals surface area contributed by atoms with Crippen LogP contribution >= 0.6 is 0 Å². The van der Waals surface area contributed by atoms with Crippen molar-refractivity contribution in [2.24, 2.45) is 0 Å². The average Bonchev–Trinajstić information content (AvgIpc) is 3.31. The number of benzene rings is 3. The Labute approximate surface area is 225 Å². The van der Waals surface area contributed by atoms with Crippen molar-refractivity contribution >= 4 is 34.3 Å². The third-order valence-electron chi connectivity index (χ3n) is 6.88. The number of fused-ring (bicyclic) bond motifs is 1. The maximum atomic E-state index is 13.5. The van der Waals surface area contributed by atoms with E-state index in [1.165, 1.54) is 18.2 Å². The Balaban J connectivity index is 1.21. The van der Waals surface area contributed by atoms with Gasteiger partial charge in [-0.15, -0.1) is 0 Å². The first-order chi connectivity index (χ1) is 19.1. The van der Waals surface area contributed by atoms with Gasteiger partial charge in [-0.05, 0) is 54.1 Å². The monoisotopic (exact) mass is 556 g/mol. The largest absolute Gasteiger partial charge is 0.460 e. The number of hydrogen-bond donors (Lipinski definition) is 1. The highest BCUT2D eigenvalue weighted by Gasteiger charge is 2.38. The first kappa shape index (κ1) is 27.3. The van der Waals surface area contributed by atoms with E-state index in [1.54, 1.807) is 30.3 Å².